The largest absolute Gasteiger partial charge is 0.475 e. The first-order valence-electron chi connectivity index (χ1n) is 5.66. The Bertz CT molecular complexity index is 548. The zero-order valence-corrected chi connectivity index (χ0v) is 11.8. The standard InChI is InChI=1S/C11H17NO6S/c1-4-8(6-17-3)12-19(15,16)10-5-9(11(13)14)18-7(10)2/h5,8,12H,4,6H2,1-3H3,(H,13,14). The first kappa shape index (κ1) is 15.7. The van der Waals surface area contributed by atoms with Crippen LogP contribution in [0.3, 0.4) is 0 Å². The van der Waals surface area contributed by atoms with Gasteiger partial charge in [-0.15, -0.1) is 0 Å². The normalized spacial score (nSPS) is 13.4. The molecule has 0 aromatic carbocycles. The molecule has 1 unspecified atom stereocenters. The Hall–Kier alpha value is -1.38. The second kappa shape index (κ2) is 6.18. The molecule has 1 aromatic heterocycles. The molecule has 0 saturated carbocycles. The van der Waals surface area contributed by atoms with Gasteiger partial charge in [0.1, 0.15) is 10.7 Å². The van der Waals surface area contributed by atoms with E-state index >= 15 is 0 Å². The summed E-state index contributed by atoms with van der Waals surface area (Å²) in [5.41, 5.74) is 0. The van der Waals surface area contributed by atoms with Crippen LogP contribution in [0, 0.1) is 6.92 Å². The van der Waals surface area contributed by atoms with E-state index in [0.717, 1.165) is 6.07 Å². The summed E-state index contributed by atoms with van der Waals surface area (Å²) in [5.74, 6) is -1.68. The summed E-state index contributed by atoms with van der Waals surface area (Å²) in [4.78, 5) is 10.6. The van der Waals surface area contributed by atoms with Crippen LogP contribution in [0.25, 0.3) is 0 Å². The summed E-state index contributed by atoms with van der Waals surface area (Å²) in [6, 6.07) is 0.622. The first-order valence-corrected chi connectivity index (χ1v) is 7.15. The third kappa shape index (κ3) is 3.79. The number of carbonyl (C=O) groups is 1. The van der Waals surface area contributed by atoms with Crippen molar-refractivity contribution in [3.63, 3.8) is 0 Å². The number of sulfonamides is 1. The highest BCUT2D eigenvalue weighted by molar-refractivity contribution is 7.89. The van der Waals surface area contributed by atoms with Gasteiger partial charge in [0.05, 0.1) is 6.61 Å². The molecule has 7 nitrogen and oxygen atoms in total. The second-order valence-electron chi connectivity index (χ2n) is 4.02. The molecule has 1 aromatic rings. The number of ether oxygens (including phenoxy) is 1. The monoisotopic (exact) mass is 291 g/mol. The third-order valence-corrected chi connectivity index (χ3v) is 4.18. The predicted molar refractivity (Wildman–Crippen MR) is 66.7 cm³/mol. The highest BCUT2D eigenvalue weighted by atomic mass is 32.2. The maximum Gasteiger partial charge on any atom is 0.371 e. The smallest absolute Gasteiger partial charge is 0.371 e. The fourth-order valence-corrected chi connectivity index (χ4v) is 3.04. The van der Waals surface area contributed by atoms with E-state index in [1.54, 1.807) is 0 Å². The van der Waals surface area contributed by atoms with Crippen LogP contribution < -0.4 is 4.72 Å². The van der Waals surface area contributed by atoms with Crippen LogP contribution in [0.5, 0.6) is 0 Å². The predicted octanol–water partition coefficient (Wildman–Crippen LogP) is 0.990. The molecule has 0 aliphatic heterocycles. The van der Waals surface area contributed by atoms with Crippen molar-refractivity contribution in [2.75, 3.05) is 13.7 Å². The fourth-order valence-electron chi connectivity index (χ4n) is 1.56. The molecule has 0 radical (unpaired) electrons. The molecule has 2 N–H and O–H groups in total. The van der Waals surface area contributed by atoms with E-state index in [-0.39, 0.29) is 23.3 Å². The Morgan fingerprint density at radius 3 is 2.63 bits per heavy atom. The minimum atomic E-state index is -3.82. The minimum Gasteiger partial charge on any atom is -0.475 e. The summed E-state index contributed by atoms with van der Waals surface area (Å²) >= 11 is 0. The number of rotatable bonds is 7. The van der Waals surface area contributed by atoms with Crippen molar-refractivity contribution < 1.29 is 27.5 Å². The molecule has 1 heterocycles. The maximum atomic E-state index is 12.1. The Labute approximate surface area is 111 Å². The molecule has 108 valence electrons. The molecule has 0 saturated heterocycles. The van der Waals surface area contributed by atoms with Crippen molar-refractivity contribution >= 4 is 16.0 Å². The summed E-state index contributed by atoms with van der Waals surface area (Å²) in [6.45, 7) is 3.45. The molecule has 1 atom stereocenters. The lowest BCUT2D eigenvalue weighted by Crippen LogP contribution is -2.37. The number of hydrogen-bond donors (Lipinski definition) is 2. The van der Waals surface area contributed by atoms with Crippen LogP contribution >= 0.6 is 0 Å². The fraction of sp³-hybridized carbons (Fsp3) is 0.545. The van der Waals surface area contributed by atoms with Crippen molar-refractivity contribution in [3.05, 3.63) is 17.6 Å². The topological polar surface area (TPSA) is 106 Å². The molecular weight excluding hydrogens is 274 g/mol. The molecule has 0 amide bonds. The number of furan rings is 1. The number of carboxylic acid groups (broad SMARTS) is 1. The molecular formula is C11H17NO6S. The van der Waals surface area contributed by atoms with Gasteiger partial charge in [-0.1, -0.05) is 6.92 Å². The van der Waals surface area contributed by atoms with Gasteiger partial charge in [-0.05, 0) is 13.3 Å². The number of carboxylic acids is 1. The highest BCUT2D eigenvalue weighted by Crippen LogP contribution is 2.20. The number of aryl methyl sites for hydroxylation is 1. The van der Waals surface area contributed by atoms with Crippen molar-refractivity contribution in [1.82, 2.24) is 4.72 Å². The zero-order chi connectivity index (χ0) is 14.6. The van der Waals surface area contributed by atoms with Crippen LogP contribution in [-0.4, -0.2) is 39.3 Å². The van der Waals surface area contributed by atoms with Crippen LogP contribution in [0.1, 0.15) is 29.7 Å². The van der Waals surface area contributed by atoms with E-state index < -0.39 is 21.8 Å². The molecule has 0 fully saturated rings. The Kier molecular flexibility index (Phi) is 5.10. The molecule has 8 heteroatoms. The molecule has 19 heavy (non-hydrogen) atoms. The van der Waals surface area contributed by atoms with Crippen LogP contribution in [-0.2, 0) is 14.8 Å². The van der Waals surface area contributed by atoms with Gasteiger partial charge in [-0.25, -0.2) is 17.9 Å². The van der Waals surface area contributed by atoms with Gasteiger partial charge < -0.3 is 14.3 Å². The molecule has 0 bridgehead atoms. The average Bonchev–Trinajstić information content (AvgIpc) is 2.71. The van der Waals surface area contributed by atoms with Crippen LogP contribution in [0.4, 0.5) is 0 Å². The van der Waals surface area contributed by atoms with Crippen molar-refractivity contribution in [2.45, 2.75) is 31.2 Å². The second-order valence-corrected chi connectivity index (χ2v) is 5.70. The van der Waals surface area contributed by atoms with Gasteiger partial charge in [-0.3, -0.25) is 0 Å². The van der Waals surface area contributed by atoms with Gasteiger partial charge in [-0.2, -0.15) is 0 Å². The van der Waals surface area contributed by atoms with Crippen LogP contribution in [0.15, 0.2) is 15.4 Å². The van der Waals surface area contributed by atoms with E-state index in [9.17, 15) is 13.2 Å². The summed E-state index contributed by atoms with van der Waals surface area (Å²) < 4.78 is 36.5. The molecule has 0 spiro atoms. The highest BCUT2D eigenvalue weighted by Gasteiger charge is 2.25. The average molecular weight is 291 g/mol. The lowest BCUT2D eigenvalue weighted by Gasteiger charge is -2.15. The first-order chi connectivity index (χ1) is 8.81. The Morgan fingerprint density at radius 1 is 1.58 bits per heavy atom. The number of aromatic carboxylic acids is 1. The van der Waals surface area contributed by atoms with E-state index in [1.165, 1.54) is 14.0 Å². The number of nitrogens with one attached hydrogen (secondary N) is 1. The van der Waals surface area contributed by atoms with Crippen molar-refractivity contribution in [3.8, 4) is 0 Å². The summed E-state index contributed by atoms with van der Waals surface area (Å²) in [7, 11) is -2.35. The SMILES string of the molecule is CCC(COC)NS(=O)(=O)c1cc(C(=O)O)oc1C. The maximum absolute atomic E-state index is 12.1. The van der Waals surface area contributed by atoms with Crippen molar-refractivity contribution in [1.29, 1.82) is 0 Å². The third-order valence-electron chi connectivity index (χ3n) is 2.55. The summed E-state index contributed by atoms with van der Waals surface area (Å²) in [5, 5.41) is 8.77. The minimum absolute atomic E-state index is 0.0390. The Balaban J connectivity index is 3.03. The van der Waals surface area contributed by atoms with E-state index in [2.05, 4.69) is 4.72 Å². The van der Waals surface area contributed by atoms with Gasteiger partial charge >= 0.3 is 5.97 Å². The lowest BCUT2D eigenvalue weighted by molar-refractivity contribution is 0.0661. The van der Waals surface area contributed by atoms with Gasteiger partial charge in [0, 0.05) is 19.2 Å². The number of hydrogen-bond acceptors (Lipinski definition) is 5. The molecule has 1 rings (SSSR count). The van der Waals surface area contributed by atoms with Gasteiger partial charge in [0.15, 0.2) is 0 Å². The zero-order valence-electron chi connectivity index (χ0n) is 11.0. The van der Waals surface area contributed by atoms with Crippen LogP contribution in [0.2, 0.25) is 0 Å². The van der Waals surface area contributed by atoms with Crippen molar-refractivity contribution in [2.24, 2.45) is 0 Å². The Morgan fingerprint density at radius 2 is 2.21 bits per heavy atom. The molecule has 0 aliphatic rings. The number of methoxy groups -OCH3 is 1. The van der Waals surface area contributed by atoms with Gasteiger partial charge in [0.2, 0.25) is 15.8 Å². The molecule has 0 aliphatic carbocycles. The summed E-state index contributed by atoms with van der Waals surface area (Å²) in [6.07, 6.45) is 0.551. The van der Waals surface area contributed by atoms with Gasteiger partial charge in [0.25, 0.3) is 0 Å². The van der Waals surface area contributed by atoms with E-state index in [0.29, 0.717) is 6.42 Å². The van der Waals surface area contributed by atoms with E-state index in [4.69, 9.17) is 14.3 Å². The lowest BCUT2D eigenvalue weighted by atomic mass is 10.3. The van der Waals surface area contributed by atoms with E-state index in [1.807, 2.05) is 6.92 Å². The quantitative estimate of drug-likeness (QED) is 0.776.